The molecule has 1 saturated heterocycles. The van der Waals surface area contributed by atoms with Gasteiger partial charge in [0.05, 0.1) is 0 Å². The molecule has 52 valence electrons. The van der Waals surface area contributed by atoms with Gasteiger partial charge in [0.15, 0.2) is 0 Å². The van der Waals surface area contributed by atoms with Crippen molar-refractivity contribution in [3.63, 3.8) is 0 Å². The third kappa shape index (κ3) is 1.21. The third-order valence-corrected chi connectivity index (χ3v) is 1.71. The van der Waals surface area contributed by atoms with Gasteiger partial charge < -0.3 is 10.4 Å². The number of piperidine rings is 1. The van der Waals surface area contributed by atoms with Gasteiger partial charge in [-0.2, -0.15) is 0 Å². The van der Waals surface area contributed by atoms with Crippen LogP contribution in [0.15, 0.2) is 0 Å². The molecule has 0 aliphatic carbocycles. The summed E-state index contributed by atoms with van der Waals surface area (Å²) in [5.74, 6) is -0.104. The van der Waals surface area contributed by atoms with E-state index in [1.807, 2.05) is 6.92 Å². The van der Waals surface area contributed by atoms with Gasteiger partial charge in [-0.25, -0.2) is 0 Å². The lowest BCUT2D eigenvalue weighted by atomic mass is 9.97. The van der Waals surface area contributed by atoms with Gasteiger partial charge >= 0.3 is 0 Å². The van der Waals surface area contributed by atoms with E-state index in [9.17, 15) is 4.79 Å². The van der Waals surface area contributed by atoms with Gasteiger partial charge in [0, 0.05) is 6.54 Å². The Morgan fingerprint density at radius 2 is 2.44 bits per heavy atom. The molecule has 1 aliphatic rings. The van der Waals surface area contributed by atoms with Gasteiger partial charge in [-0.3, -0.25) is 4.79 Å². The number of aliphatic hydroxyl groups excluding tert-OH is 1. The maximum Gasteiger partial charge on any atom is 0.249 e. The standard InChI is InChI=1S/C6H11NO2/c1-4-2-3-7-6(9)5(4)8/h4-5,8H,2-3H2,1H3,(H,7,9)/t4-,5-/m0/s1. The first-order valence-electron chi connectivity index (χ1n) is 3.17. The van der Waals surface area contributed by atoms with E-state index in [2.05, 4.69) is 5.32 Å². The summed E-state index contributed by atoms with van der Waals surface area (Å²) in [5.41, 5.74) is 0. The highest BCUT2D eigenvalue weighted by atomic mass is 16.3. The quantitative estimate of drug-likeness (QED) is 0.463. The molecule has 3 heteroatoms. The largest absolute Gasteiger partial charge is 0.383 e. The van der Waals surface area contributed by atoms with Crippen LogP contribution in [0.2, 0.25) is 0 Å². The second-order valence-corrected chi connectivity index (χ2v) is 2.50. The summed E-state index contributed by atoms with van der Waals surface area (Å²) in [7, 11) is 0. The van der Waals surface area contributed by atoms with Gasteiger partial charge in [0.25, 0.3) is 0 Å². The first-order chi connectivity index (χ1) is 4.22. The summed E-state index contributed by atoms with van der Waals surface area (Å²) < 4.78 is 0. The van der Waals surface area contributed by atoms with Crippen LogP contribution in [0.1, 0.15) is 13.3 Å². The first kappa shape index (κ1) is 6.55. The predicted molar refractivity (Wildman–Crippen MR) is 32.8 cm³/mol. The maximum absolute atomic E-state index is 10.6. The number of nitrogens with one attached hydrogen (secondary N) is 1. The van der Waals surface area contributed by atoms with Crippen LogP contribution >= 0.6 is 0 Å². The number of rotatable bonds is 0. The maximum atomic E-state index is 10.6. The number of carbonyl (C=O) groups excluding carboxylic acids is 1. The second-order valence-electron chi connectivity index (χ2n) is 2.50. The zero-order valence-electron chi connectivity index (χ0n) is 5.42. The van der Waals surface area contributed by atoms with Crippen LogP contribution in [0, 0.1) is 5.92 Å². The molecular weight excluding hydrogens is 118 g/mol. The summed E-state index contributed by atoms with van der Waals surface area (Å²) in [6.07, 6.45) is 0.103. The van der Waals surface area contributed by atoms with Gasteiger partial charge in [-0.1, -0.05) is 6.92 Å². The van der Waals surface area contributed by atoms with E-state index in [1.54, 1.807) is 0 Å². The fourth-order valence-electron chi connectivity index (χ4n) is 0.944. The molecule has 0 spiro atoms. The van der Waals surface area contributed by atoms with Crippen molar-refractivity contribution in [2.24, 2.45) is 5.92 Å². The molecule has 1 rings (SSSR count). The minimum Gasteiger partial charge on any atom is -0.383 e. The van der Waals surface area contributed by atoms with Gasteiger partial charge in [0.2, 0.25) is 5.91 Å². The fourth-order valence-corrected chi connectivity index (χ4v) is 0.944. The SMILES string of the molecule is C[C@H]1CCNC(=O)[C@H]1O. The molecule has 1 amide bonds. The van der Waals surface area contributed by atoms with E-state index in [-0.39, 0.29) is 11.8 Å². The average molecular weight is 129 g/mol. The molecule has 2 N–H and O–H groups in total. The molecule has 9 heavy (non-hydrogen) atoms. The third-order valence-electron chi connectivity index (χ3n) is 1.71. The van der Waals surface area contributed by atoms with E-state index in [1.165, 1.54) is 0 Å². The highest BCUT2D eigenvalue weighted by Crippen LogP contribution is 2.10. The monoisotopic (exact) mass is 129 g/mol. The minimum absolute atomic E-state index is 0.124. The highest BCUT2D eigenvalue weighted by molar-refractivity contribution is 5.81. The number of hydrogen-bond acceptors (Lipinski definition) is 2. The molecule has 0 aromatic rings. The molecular formula is C6H11NO2. The fraction of sp³-hybridized carbons (Fsp3) is 0.833. The Balaban J connectivity index is 2.51. The molecule has 0 unspecified atom stereocenters. The summed E-state index contributed by atoms with van der Waals surface area (Å²) in [5, 5.41) is 11.6. The Kier molecular flexibility index (Phi) is 1.71. The topological polar surface area (TPSA) is 49.3 Å². The molecule has 2 atom stereocenters. The van der Waals surface area contributed by atoms with Gasteiger partial charge in [-0.05, 0) is 12.3 Å². The normalized spacial score (nSPS) is 36.0. The molecule has 0 aromatic heterocycles. The Hall–Kier alpha value is -0.570. The number of hydrogen-bond donors (Lipinski definition) is 2. The van der Waals surface area contributed by atoms with E-state index in [4.69, 9.17) is 5.11 Å². The lowest BCUT2D eigenvalue weighted by Gasteiger charge is -2.23. The lowest BCUT2D eigenvalue weighted by Crippen LogP contribution is -2.44. The van der Waals surface area contributed by atoms with Crippen molar-refractivity contribution in [2.45, 2.75) is 19.4 Å². The van der Waals surface area contributed by atoms with Crippen molar-refractivity contribution in [3.8, 4) is 0 Å². The summed E-state index contributed by atoms with van der Waals surface area (Å²) >= 11 is 0. The zero-order valence-corrected chi connectivity index (χ0v) is 5.42. The van der Waals surface area contributed by atoms with E-state index in [0.29, 0.717) is 6.54 Å². The predicted octanol–water partition coefficient (Wildman–Crippen LogP) is -0.497. The van der Waals surface area contributed by atoms with Gasteiger partial charge in [0.1, 0.15) is 6.10 Å². The van der Waals surface area contributed by atoms with Crippen LogP contribution in [-0.4, -0.2) is 23.7 Å². The number of aliphatic hydroxyl groups is 1. The van der Waals surface area contributed by atoms with Crippen molar-refractivity contribution >= 4 is 5.91 Å². The molecule has 0 bridgehead atoms. The molecule has 0 saturated carbocycles. The van der Waals surface area contributed by atoms with Crippen LogP contribution in [0.5, 0.6) is 0 Å². The van der Waals surface area contributed by atoms with Crippen molar-refractivity contribution in [2.75, 3.05) is 6.54 Å². The number of amides is 1. The second kappa shape index (κ2) is 2.35. The van der Waals surface area contributed by atoms with Crippen molar-refractivity contribution < 1.29 is 9.90 Å². The van der Waals surface area contributed by atoms with Crippen LogP contribution in [0.3, 0.4) is 0 Å². The Morgan fingerprint density at radius 3 is 2.89 bits per heavy atom. The summed E-state index contributed by atoms with van der Waals surface area (Å²) in [4.78, 5) is 10.6. The highest BCUT2D eigenvalue weighted by Gasteiger charge is 2.25. The van der Waals surface area contributed by atoms with Crippen molar-refractivity contribution in [1.82, 2.24) is 5.32 Å². The van der Waals surface area contributed by atoms with Gasteiger partial charge in [-0.15, -0.1) is 0 Å². The Bertz CT molecular complexity index is 124. The smallest absolute Gasteiger partial charge is 0.249 e. The molecule has 1 aliphatic heterocycles. The molecule has 0 radical (unpaired) electrons. The minimum atomic E-state index is -0.779. The Morgan fingerprint density at radius 1 is 1.78 bits per heavy atom. The van der Waals surface area contributed by atoms with E-state index in [0.717, 1.165) is 6.42 Å². The molecule has 0 aromatic carbocycles. The molecule has 1 fully saturated rings. The number of carbonyl (C=O) groups is 1. The first-order valence-corrected chi connectivity index (χ1v) is 3.17. The van der Waals surface area contributed by atoms with E-state index < -0.39 is 6.10 Å². The van der Waals surface area contributed by atoms with E-state index >= 15 is 0 Å². The van der Waals surface area contributed by atoms with Crippen LogP contribution in [-0.2, 0) is 4.79 Å². The van der Waals surface area contributed by atoms with Crippen LogP contribution in [0.25, 0.3) is 0 Å². The molecule has 1 heterocycles. The Labute approximate surface area is 54.1 Å². The summed E-state index contributed by atoms with van der Waals surface area (Å²) in [6.45, 7) is 2.58. The van der Waals surface area contributed by atoms with Crippen LogP contribution in [0.4, 0.5) is 0 Å². The van der Waals surface area contributed by atoms with Crippen molar-refractivity contribution in [3.05, 3.63) is 0 Å². The average Bonchev–Trinajstić information content (AvgIpc) is 1.83. The summed E-state index contributed by atoms with van der Waals surface area (Å²) in [6, 6.07) is 0. The van der Waals surface area contributed by atoms with Crippen LogP contribution < -0.4 is 5.32 Å². The lowest BCUT2D eigenvalue weighted by molar-refractivity contribution is -0.134. The molecule has 3 nitrogen and oxygen atoms in total. The zero-order chi connectivity index (χ0) is 6.85. The van der Waals surface area contributed by atoms with Crippen molar-refractivity contribution in [1.29, 1.82) is 0 Å².